The van der Waals surface area contributed by atoms with Gasteiger partial charge in [-0.05, 0) is 43.2 Å². The minimum Gasteiger partial charge on any atom is -0.505 e. The highest BCUT2D eigenvalue weighted by Gasteiger charge is 2.50. The van der Waals surface area contributed by atoms with Crippen LogP contribution < -0.4 is 0 Å². The Kier molecular flexibility index (Phi) is 3.60. The van der Waals surface area contributed by atoms with Gasteiger partial charge in [-0.15, -0.1) is 0 Å². The summed E-state index contributed by atoms with van der Waals surface area (Å²) in [6.45, 7) is 0. The summed E-state index contributed by atoms with van der Waals surface area (Å²) in [4.78, 5) is 36.5. The van der Waals surface area contributed by atoms with Crippen molar-refractivity contribution in [2.75, 3.05) is 0 Å². The van der Waals surface area contributed by atoms with Crippen LogP contribution in [0.2, 0.25) is 0 Å². The predicted molar refractivity (Wildman–Crippen MR) is 89.3 cm³/mol. The summed E-state index contributed by atoms with van der Waals surface area (Å²) in [5.41, 5.74) is 0.654. The number of aliphatic hydroxyl groups is 1. The smallest absolute Gasteiger partial charge is 0.303 e. The number of carboxylic acids is 1. The molecule has 1 aromatic heterocycles. The third-order valence-electron chi connectivity index (χ3n) is 5.76. The number of carboxylic acid groups (broad SMARTS) is 1. The fourth-order valence-corrected chi connectivity index (χ4v) is 4.27. The molecule has 2 N–H and O–H groups in total. The number of carbonyl (C=O) groups is 3. The van der Waals surface area contributed by atoms with Gasteiger partial charge in [-0.2, -0.15) is 0 Å². The minimum atomic E-state index is -1.09. The van der Waals surface area contributed by atoms with Crippen molar-refractivity contribution in [1.82, 2.24) is 4.57 Å². The van der Waals surface area contributed by atoms with Gasteiger partial charge in [0.05, 0.1) is 12.1 Å². The van der Waals surface area contributed by atoms with Gasteiger partial charge >= 0.3 is 5.97 Å². The zero-order chi connectivity index (χ0) is 17.8. The molecule has 2 fully saturated rings. The van der Waals surface area contributed by atoms with Crippen LogP contribution in [0.15, 0.2) is 17.8 Å². The number of allylic oxidation sites excluding steroid dienone is 1. The largest absolute Gasteiger partial charge is 0.505 e. The van der Waals surface area contributed by atoms with Crippen LogP contribution in [0.25, 0.3) is 5.76 Å². The lowest BCUT2D eigenvalue weighted by Crippen LogP contribution is -2.45. The minimum absolute atomic E-state index is 0.198. The van der Waals surface area contributed by atoms with Crippen molar-refractivity contribution in [2.24, 2.45) is 0 Å². The number of aliphatic hydroxyl groups excluding tert-OH is 1. The Morgan fingerprint density at radius 3 is 2.48 bits per heavy atom. The average Bonchev–Trinajstić information content (AvgIpc) is 3.12. The van der Waals surface area contributed by atoms with Gasteiger partial charge in [-0.1, -0.05) is 12.8 Å². The number of carbonyl (C=O) groups excluding carboxylic acids is 2. The first-order chi connectivity index (χ1) is 11.9. The Morgan fingerprint density at radius 1 is 1.20 bits per heavy atom. The average molecular weight is 343 g/mol. The molecule has 0 saturated heterocycles. The van der Waals surface area contributed by atoms with Crippen LogP contribution in [-0.2, 0) is 19.9 Å². The van der Waals surface area contributed by atoms with Gasteiger partial charge in [-0.25, -0.2) is 0 Å². The summed E-state index contributed by atoms with van der Waals surface area (Å²) >= 11 is 0. The predicted octanol–water partition coefficient (Wildman–Crippen LogP) is 2.92. The maximum absolute atomic E-state index is 13.2. The first-order valence-corrected chi connectivity index (χ1v) is 8.90. The van der Waals surface area contributed by atoms with E-state index in [4.69, 9.17) is 5.11 Å². The maximum atomic E-state index is 13.2. The van der Waals surface area contributed by atoms with Crippen molar-refractivity contribution in [3.05, 3.63) is 29.1 Å². The van der Waals surface area contributed by atoms with Crippen LogP contribution in [0, 0.1) is 0 Å². The zero-order valence-corrected chi connectivity index (χ0v) is 14.0. The van der Waals surface area contributed by atoms with Crippen LogP contribution in [0.1, 0.15) is 68.5 Å². The highest BCUT2D eigenvalue weighted by Crippen LogP contribution is 2.48. The van der Waals surface area contributed by atoms with E-state index in [0.29, 0.717) is 24.5 Å². The van der Waals surface area contributed by atoms with Gasteiger partial charge in [0.25, 0.3) is 0 Å². The van der Waals surface area contributed by atoms with Gasteiger partial charge in [0.15, 0.2) is 17.3 Å². The molecule has 0 radical (unpaired) electrons. The first kappa shape index (κ1) is 16.1. The molecule has 0 unspecified atom stereocenters. The van der Waals surface area contributed by atoms with Crippen LogP contribution in [0.3, 0.4) is 0 Å². The summed E-state index contributed by atoms with van der Waals surface area (Å²) in [5, 5.41) is 19.5. The number of fused-ring (bicyclic) bond motifs is 2. The summed E-state index contributed by atoms with van der Waals surface area (Å²) < 4.78 is 1.89. The topological polar surface area (TPSA) is 96.6 Å². The summed E-state index contributed by atoms with van der Waals surface area (Å²) in [6.07, 6.45) is 6.70. The molecule has 6 heteroatoms. The molecule has 0 bridgehead atoms. The molecule has 132 valence electrons. The molecule has 1 aromatic rings. The van der Waals surface area contributed by atoms with E-state index in [0.717, 1.165) is 31.2 Å². The fourth-order valence-electron chi connectivity index (χ4n) is 4.27. The van der Waals surface area contributed by atoms with Crippen molar-refractivity contribution in [3.8, 4) is 0 Å². The molecule has 25 heavy (non-hydrogen) atoms. The summed E-state index contributed by atoms with van der Waals surface area (Å²) in [7, 11) is 0. The quantitative estimate of drug-likeness (QED) is 0.801. The number of aliphatic carboxylic acids is 1. The zero-order valence-electron chi connectivity index (χ0n) is 14.0. The van der Waals surface area contributed by atoms with Crippen molar-refractivity contribution in [3.63, 3.8) is 0 Å². The lowest BCUT2D eigenvalue weighted by atomic mass is 9.81. The second-order valence-corrected chi connectivity index (χ2v) is 7.41. The molecule has 1 aliphatic heterocycles. The van der Waals surface area contributed by atoms with Crippen molar-refractivity contribution < 1.29 is 24.6 Å². The number of Topliss-reactive ketones (excluding diaryl/α,β-unsaturated/α-hetero) is 2. The van der Waals surface area contributed by atoms with Crippen molar-refractivity contribution >= 4 is 23.3 Å². The van der Waals surface area contributed by atoms with Crippen molar-refractivity contribution in [1.29, 1.82) is 0 Å². The molecular formula is C19H21NO5. The molecule has 2 saturated carbocycles. The molecule has 0 amide bonds. The molecule has 4 rings (SSSR count). The molecule has 2 heterocycles. The van der Waals surface area contributed by atoms with E-state index in [1.807, 2.05) is 16.8 Å². The number of nitrogens with zero attached hydrogens (tertiary/aromatic N) is 1. The van der Waals surface area contributed by atoms with E-state index in [2.05, 4.69) is 0 Å². The monoisotopic (exact) mass is 343 g/mol. The lowest BCUT2D eigenvalue weighted by molar-refractivity contribution is -0.138. The van der Waals surface area contributed by atoms with E-state index in [-0.39, 0.29) is 30.0 Å². The van der Waals surface area contributed by atoms with Crippen LogP contribution in [-0.4, -0.2) is 32.3 Å². The second-order valence-electron chi connectivity index (χ2n) is 7.41. The van der Waals surface area contributed by atoms with E-state index in [1.165, 1.54) is 0 Å². The van der Waals surface area contributed by atoms with Gasteiger partial charge in [0.2, 0.25) is 0 Å². The van der Waals surface area contributed by atoms with E-state index < -0.39 is 17.3 Å². The standard InChI is InChI=1S/C19H21NO5/c21-14(5-6-15(22)23)16-17(24)13-9-12(11-3-4-11)10-20(13)19(18(16)25)7-1-2-8-19/h9-11,24H,1-8H2,(H,22,23). The van der Waals surface area contributed by atoms with E-state index in [9.17, 15) is 19.5 Å². The van der Waals surface area contributed by atoms with Crippen LogP contribution in [0.5, 0.6) is 0 Å². The molecule has 0 atom stereocenters. The van der Waals surface area contributed by atoms with Crippen LogP contribution >= 0.6 is 0 Å². The summed E-state index contributed by atoms with van der Waals surface area (Å²) in [6, 6.07) is 1.89. The highest BCUT2D eigenvalue weighted by atomic mass is 16.4. The Labute approximate surface area is 145 Å². The number of aromatic nitrogens is 1. The van der Waals surface area contributed by atoms with Gasteiger partial charge in [0.1, 0.15) is 11.1 Å². The molecule has 3 aliphatic rings. The summed E-state index contributed by atoms with van der Waals surface area (Å²) in [5.74, 6) is -1.82. The number of hydrogen-bond acceptors (Lipinski definition) is 4. The lowest BCUT2D eigenvalue weighted by Gasteiger charge is -2.35. The third-order valence-corrected chi connectivity index (χ3v) is 5.76. The molecule has 2 aliphatic carbocycles. The molecule has 6 nitrogen and oxygen atoms in total. The number of ketones is 2. The molecular weight excluding hydrogens is 322 g/mol. The second kappa shape index (κ2) is 5.58. The fraction of sp³-hybridized carbons (Fsp3) is 0.526. The van der Waals surface area contributed by atoms with Crippen LogP contribution in [0.4, 0.5) is 0 Å². The van der Waals surface area contributed by atoms with E-state index >= 15 is 0 Å². The van der Waals surface area contributed by atoms with Gasteiger partial charge in [-0.3, -0.25) is 14.4 Å². The van der Waals surface area contributed by atoms with E-state index in [1.54, 1.807) is 0 Å². The Balaban J connectivity index is 1.81. The Hall–Kier alpha value is -2.37. The highest BCUT2D eigenvalue weighted by molar-refractivity contribution is 6.27. The molecule has 0 aromatic carbocycles. The Morgan fingerprint density at radius 2 is 1.88 bits per heavy atom. The number of rotatable bonds is 5. The van der Waals surface area contributed by atoms with Gasteiger partial charge in [0, 0.05) is 12.6 Å². The number of hydrogen-bond donors (Lipinski definition) is 2. The normalized spacial score (nSPS) is 21.7. The van der Waals surface area contributed by atoms with Gasteiger partial charge < -0.3 is 14.8 Å². The first-order valence-electron chi connectivity index (χ1n) is 8.90. The molecule has 1 spiro atoms. The SMILES string of the molecule is O=C(O)CCC(=O)C1=C(O)c2cc(C3CC3)cn2C2(CCCC2)C1=O. The Bertz CT molecular complexity index is 806. The maximum Gasteiger partial charge on any atom is 0.303 e. The third kappa shape index (κ3) is 2.42. The van der Waals surface area contributed by atoms with Crippen molar-refractivity contribution in [2.45, 2.75) is 62.8 Å².